The van der Waals surface area contributed by atoms with Gasteiger partial charge in [0.1, 0.15) is 11.4 Å². The molecule has 0 radical (unpaired) electrons. The zero-order valence-corrected chi connectivity index (χ0v) is 13.7. The fourth-order valence-corrected chi connectivity index (χ4v) is 2.10. The van der Waals surface area contributed by atoms with E-state index in [1.54, 1.807) is 6.92 Å². The molecule has 0 unspecified atom stereocenters. The lowest BCUT2D eigenvalue weighted by Crippen LogP contribution is -2.26. The molecule has 0 bridgehead atoms. The zero-order chi connectivity index (χ0) is 17.5. The van der Waals surface area contributed by atoms with Crippen molar-refractivity contribution in [2.24, 2.45) is 0 Å². The molecule has 0 aliphatic rings. The van der Waals surface area contributed by atoms with Gasteiger partial charge in [0, 0.05) is 6.54 Å². The molecule has 0 aliphatic carbocycles. The first kappa shape index (κ1) is 17.5. The topological polar surface area (TPSA) is 88.5 Å². The van der Waals surface area contributed by atoms with Crippen LogP contribution < -0.4 is 10.1 Å². The lowest BCUT2D eigenvalue weighted by atomic mass is 10.2. The molecule has 2 N–H and O–H groups in total. The summed E-state index contributed by atoms with van der Waals surface area (Å²) in [7, 11) is 0. The maximum absolute atomic E-state index is 12.0. The fourth-order valence-electron chi connectivity index (χ4n) is 2.10. The molecule has 0 aliphatic heterocycles. The summed E-state index contributed by atoms with van der Waals surface area (Å²) in [5, 5.41) is 11.7. The summed E-state index contributed by atoms with van der Waals surface area (Å²) in [5.74, 6) is -0.584. The van der Waals surface area contributed by atoms with Crippen LogP contribution in [0.25, 0.3) is 0 Å². The highest BCUT2D eigenvalue weighted by Gasteiger charge is 2.12. The van der Waals surface area contributed by atoms with E-state index in [4.69, 9.17) is 9.84 Å². The highest BCUT2D eigenvalue weighted by molar-refractivity contribution is 5.94. The van der Waals surface area contributed by atoms with Crippen LogP contribution in [0.4, 0.5) is 0 Å². The predicted molar refractivity (Wildman–Crippen MR) is 89.6 cm³/mol. The molecule has 0 saturated carbocycles. The molecule has 0 saturated heterocycles. The summed E-state index contributed by atoms with van der Waals surface area (Å²) >= 11 is 0. The Hall–Kier alpha value is -2.89. The summed E-state index contributed by atoms with van der Waals surface area (Å²) in [6, 6.07) is 10.6. The van der Waals surface area contributed by atoms with Crippen molar-refractivity contribution < 1.29 is 19.4 Å². The largest absolute Gasteiger partial charge is 0.494 e. The molecule has 1 aromatic carbocycles. The summed E-state index contributed by atoms with van der Waals surface area (Å²) in [6.45, 7) is 4.52. The zero-order valence-electron chi connectivity index (χ0n) is 13.7. The molecule has 6 heteroatoms. The Labute approximate surface area is 140 Å². The lowest BCUT2D eigenvalue weighted by Gasteiger charge is -2.08. The molecule has 0 atom stereocenters. The number of pyridine rings is 1. The van der Waals surface area contributed by atoms with Crippen LogP contribution in [0, 0.1) is 13.8 Å². The second-order valence-electron chi connectivity index (χ2n) is 5.41. The van der Waals surface area contributed by atoms with Crippen LogP contribution in [0.5, 0.6) is 5.75 Å². The number of benzene rings is 1. The Morgan fingerprint density at radius 3 is 2.46 bits per heavy atom. The number of carbonyl (C=O) groups excluding carboxylic acids is 1. The molecule has 2 aromatic rings. The first-order valence-electron chi connectivity index (χ1n) is 7.66. The molecule has 0 fully saturated rings. The van der Waals surface area contributed by atoms with Crippen molar-refractivity contribution in [3.8, 4) is 5.75 Å². The maximum atomic E-state index is 12.0. The Bertz CT molecular complexity index is 726. The van der Waals surface area contributed by atoms with Gasteiger partial charge in [0.2, 0.25) is 0 Å². The number of rotatable bonds is 7. The number of aromatic carboxylic acids is 1. The molecule has 6 nitrogen and oxygen atoms in total. The van der Waals surface area contributed by atoms with E-state index in [2.05, 4.69) is 10.3 Å². The van der Waals surface area contributed by atoms with Crippen LogP contribution in [-0.4, -0.2) is 35.1 Å². The van der Waals surface area contributed by atoms with Crippen molar-refractivity contribution in [1.82, 2.24) is 10.3 Å². The first-order chi connectivity index (χ1) is 11.5. The lowest BCUT2D eigenvalue weighted by molar-refractivity contribution is 0.0694. The Morgan fingerprint density at radius 2 is 1.83 bits per heavy atom. The van der Waals surface area contributed by atoms with Gasteiger partial charge in [-0.3, -0.25) is 4.79 Å². The van der Waals surface area contributed by atoms with Crippen LogP contribution in [0.3, 0.4) is 0 Å². The molecule has 1 heterocycles. The summed E-state index contributed by atoms with van der Waals surface area (Å²) in [6.07, 6.45) is 0.659. The van der Waals surface area contributed by atoms with Crippen molar-refractivity contribution >= 4 is 11.9 Å². The molecular weight excluding hydrogens is 308 g/mol. The molecule has 1 amide bonds. The number of carboxylic acids is 1. The third-order valence-corrected chi connectivity index (χ3v) is 3.45. The normalized spacial score (nSPS) is 10.2. The van der Waals surface area contributed by atoms with Gasteiger partial charge in [-0.05, 0) is 44.5 Å². The number of nitrogens with zero attached hydrogens (tertiary/aromatic N) is 1. The minimum absolute atomic E-state index is 0.0954. The summed E-state index contributed by atoms with van der Waals surface area (Å²) in [5.41, 5.74) is 1.79. The van der Waals surface area contributed by atoms with Gasteiger partial charge < -0.3 is 15.2 Å². The number of aryl methyl sites for hydroxylation is 2. The number of amides is 1. The van der Waals surface area contributed by atoms with Crippen molar-refractivity contribution in [2.45, 2.75) is 20.3 Å². The van der Waals surface area contributed by atoms with E-state index < -0.39 is 5.97 Å². The Morgan fingerprint density at radius 1 is 1.12 bits per heavy atom. The fraction of sp³-hybridized carbons (Fsp3) is 0.278. The Balaban J connectivity index is 1.76. The average Bonchev–Trinajstić information content (AvgIpc) is 2.55. The second kappa shape index (κ2) is 8.10. The van der Waals surface area contributed by atoms with Crippen LogP contribution in [0.15, 0.2) is 36.4 Å². The van der Waals surface area contributed by atoms with Crippen LogP contribution in [-0.2, 0) is 0 Å². The van der Waals surface area contributed by atoms with E-state index in [1.165, 1.54) is 17.7 Å². The second-order valence-corrected chi connectivity index (χ2v) is 5.41. The van der Waals surface area contributed by atoms with E-state index >= 15 is 0 Å². The summed E-state index contributed by atoms with van der Waals surface area (Å²) < 4.78 is 5.58. The first-order valence-corrected chi connectivity index (χ1v) is 7.66. The van der Waals surface area contributed by atoms with Gasteiger partial charge in [-0.1, -0.05) is 17.7 Å². The van der Waals surface area contributed by atoms with E-state index in [1.807, 2.05) is 31.2 Å². The van der Waals surface area contributed by atoms with Gasteiger partial charge in [0.25, 0.3) is 5.91 Å². The predicted octanol–water partition coefficient (Wildman–Crippen LogP) is 2.60. The van der Waals surface area contributed by atoms with Gasteiger partial charge in [0.15, 0.2) is 0 Å². The SMILES string of the molecule is Cc1ccc(OCCCNC(=O)c2ccc(C(=O)O)c(C)n2)cc1. The molecule has 126 valence electrons. The van der Waals surface area contributed by atoms with Crippen LogP contribution >= 0.6 is 0 Å². The minimum Gasteiger partial charge on any atom is -0.494 e. The van der Waals surface area contributed by atoms with E-state index in [0.717, 1.165) is 5.75 Å². The van der Waals surface area contributed by atoms with Gasteiger partial charge in [-0.25, -0.2) is 9.78 Å². The maximum Gasteiger partial charge on any atom is 0.337 e. The van der Waals surface area contributed by atoms with E-state index in [0.29, 0.717) is 25.3 Å². The number of carboxylic acid groups (broad SMARTS) is 1. The monoisotopic (exact) mass is 328 g/mol. The number of carbonyl (C=O) groups is 2. The number of aromatic nitrogens is 1. The summed E-state index contributed by atoms with van der Waals surface area (Å²) in [4.78, 5) is 26.9. The van der Waals surface area contributed by atoms with E-state index in [-0.39, 0.29) is 17.2 Å². The average molecular weight is 328 g/mol. The van der Waals surface area contributed by atoms with Crippen molar-refractivity contribution in [3.63, 3.8) is 0 Å². The standard InChI is InChI=1S/C18H20N2O4/c1-12-4-6-14(7-5-12)24-11-3-10-19-17(21)16-9-8-15(18(22)23)13(2)20-16/h4-9H,3,10-11H2,1-2H3,(H,19,21)(H,22,23). The molecule has 24 heavy (non-hydrogen) atoms. The van der Waals surface area contributed by atoms with Gasteiger partial charge in [-0.2, -0.15) is 0 Å². The number of hydrogen-bond acceptors (Lipinski definition) is 4. The quantitative estimate of drug-likeness (QED) is 0.763. The van der Waals surface area contributed by atoms with E-state index in [9.17, 15) is 9.59 Å². The van der Waals surface area contributed by atoms with Gasteiger partial charge in [0.05, 0.1) is 17.9 Å². The van der Waals surface area contributed by atoms with Crippen molar-refractivity contribution in [2.75, 3.05) is 13.2 Å². The third kappa shape index (κ3) is 4.81. The van der Waals surface area contributed by atoms with Crippen molar-refractivity contribution in [1.29, 1.82) is 0 Å². The highest BCUT2D eigenvalue weighted by atomic mass is 16.5. The number of nitrogens with one attached hydrogen (secondary N) is 1. The van der Waals surface area contributed by atoms with Crippen LogP contribution in [0.1, 0.15) is 38.5 Å². The Kier molecular flexibility index (Phi) is 5.89. The van der Waals surface area contributed by atoms with Crippen LogP contribution in [0.2, 0.25) is 0 Å². The molecular formula is C18H20N2O4. The molecule has 1 aromatic heterocycles. The van der Waals surface area contributed by atoms with Crippen molar-refractivity contribution in [3.05, 3.63) is 58.9 Å². The highest BCUT2D eigenvalue weighted by Crippen LogP contribution is 2.11. The molecule has 2 rings (SSSR count). The van der Waals surface area contributed by atoms with Gasteiger partial charge in [-0.15, -0.1) is 0 Å². The van der Waals surface area contributed by atoms with Gasteiger partial charge >= 0.3 is 5.97 Å². The smallest absolute Gasteiger partial charge is 0.337 e. The number of hydrogen-bond donors (Lipinski definition) is 2. The minimum atomic E-state index is -1.06. The molecule has 0 spiro atoms. The third-order valence-electron chi connectivity index (χ3n) is 3.45. The number of ether oxygens (including phenoxy) is 1.